The van der Waals surface area contributed by atoms with Crippen LogP contribution in [0.25, 0.3) is 0 Å². The number of nitrogens with one attached hydrogen (secondary N) is 2. The van der Waals surface area contributed by atoms with E-state index in [2.05, 4.69) is 10.6 Å². The first kappa shape index (κ1) is 25.0. The van der Waals surface area contributed by atoms with E-state index in [4.69, 9.17) is 4.74 Å². The third-order valence-corrected chi connectivity index (χ3v) is 6.09. The number of para-hydroxylation sites is 1. The average molecular weight is 486 g/mol. The van der Waals surface area contributed by atoms with Crippen LogP contribution in [0, 0.1) is 5.92 Å². The van der Waals surface area contributed by atoms with E-state index in [-0.39, 0.29) is 30.7 Å². The molecule has 0 spiro atoms. The van der Waals surface area contributed by atoms with E-state index in [0.717, 1.165) is 23.4 Å². The molecule has 0 bridgehead atoms. The molecule has 0 aliphatic carbocycles. The van der Waals surface area contributed by atoms with Crippen molar-refractivity contribution in [3.63, 3.8) is 0 Å². The molecule has 186 valence electrons. The summed E-state index contributed by atoms with van der Waals surface area (Å²) in [6.45, 7) is 3.45. The number of amides is 3. The third kappa shape index (κ3) is 6.30. The summed E-state index contributed by atoms with van der Waals surface area (Å²) in [5.41, 5.74) is 2.70. The van der Waals surface area contributed by atoms with Crippen molar-refractivity contribution < 1.29 is 19.1 Å². The first-order valence-corrected chi connectivity index (χ1v) is 12.3. The van der Waals surface area contributed by atoms with E-state index in [9.17, 15) is 14.4 Å². The van der Waals surface area contributed by atoms with Crippen LogP contribution in [0.5, 0.6) is 5.75 Å². The standard InChI is InChI=1S/C29H31N3O4/c1-2-18-36-24-14-12-23(13-15-24)32-20-22(19-27(32)33)28(34)31-26-11-7-6-10-25(26)29(35)30-17-16-21-8-4-3-5-9-21/h3-15,22H,2,16-20H2,1H3,(H,30,35)(H,31,34)/t22-/m1/s1. The molecule has 7 nitrogen and oxygen atoms in total. The number of carbonyl (C=O) groups excluding carboxylic acids is 3. The van der Waals surface area contributed by atoms with Gasteiger partial charge in [-0.25, -0.2) is 0 Å². The van der Waals surface area contributed by atoms with E-state index < -0.39 is 5.92 Å². The van der Waals surface area contributed by atoms with Crippen LogP contribution in [0.15, 0.2) is 78.9 Å². The van der Waals surface area contributed by atoms with Crippen molar-refractivity contribution in [2.75, 3.05) is 29.9 Å². The lowest BCUT2D eigenvalue weighted by molar-refractivity contribution is -0.122. The molecule has 1 atom stereocenters. The second-order valence-electron chi connectivity index (χ2n) is 8.77. The maximum absolute atomic E-state index is 13.0. The quantitative estimate of drug-likeness (QED) is 0.445. The van der Waals surface area contributed by atoms with Crippen LogP contribution < -0.4 is 20.3 Å². The Bertz CT molecular complexity index is 1190. The predicted octanol–water partition coefficient (Wildman–Crippen LogP) is 4.44. The van der Waals surface area contributed by atoms with Crippen molar-refractivity contribution in [2.45, 2.75) is 26.2 Å². The molecule has 3 aromatic carbocycles. The fourth-order valence-corrected chi connectivity index (χ4v) is 4.16. The Balaban J connectivity index is 1.35. The van der Waals surface area contributed by atoms with Crippen LogP contribution in [0.4, 0.5) is 11.4 Å². The highest BCUT2D eigenvalue weighted by Crippen LogP contribution is 2.28. The van der Waals surface area contributed by atoms with Crippen LogP contribution >= 0.6 is 0 Å². The number of hydrogen-bond donors (Lipinski definition) is 2. The second-order valence-corrected chi connectivity index (χ2v) is 8.77. The minimum Gasteiger partial charge on any atom is -0.494 e. The maximum Gasteiger partial charge on any atom is 0.253 e. The van der Waals surface area contributed by atoms with Gasteiger partial charge in [0, 0.05) is 25.2 Å². The molecular formula is C29H31N3O4. The first-order chi connectivity index (χ1) is 17.5. The fourth-order valence-electron chi connectivity index (χ4n) is 4.16. The van der Waals surface area contributed by atoms with E-state index >= 15 is 0 Å². The number of hydrogen-bond acceptors (Lipinski definition) is 4. The van der Waals surface area contributed by atoms with Gasteiger partial charge in [0.1, 0.15) is 5.75 Å². The Hall–Kier alpha value is -4.13. The molecule has 7 heteroatoms. The van der Waals surface area contributed by atoms with Crippen LogP contribution in [0.3, 0.4) is 0 Å². The van der Waals surface area contributed by atoms with Gasteiger partial charge < -0.3 is 20.3 Å². The Morgan fingerprint density at radius 2 is 1.69 bits per heavy atom. The Labute approximate surface area is 211 Å². The van der Waals surface area contributed by atoms with Gasteiger partial charge in [-0.2, -0.15) is 0 Å². The summed E-state index contributed by atoms with van der Waals surface area (Å²) in [5.74, 6) is -0.401. The largest absolute Gasteiger partial charge is 0.494 e. The summed E-state index contributed by atoms with van der Waals surface area (Å²) in [6, 6.07) is 24.2. The summed E-state index contributed by atoms with van der Waals surface area (Å²) in [5, 5.41) is 5.79. The number of benzene rings is 3. The molecule has 1 saturated heterocycles. The van der Waals surface area contributed by atoms with E-state index in [0.29, 0.717) is 30.8 Å². The van der Waals surface area contributed by atoms with Crippen molar-refractivity contribution in [3.8, 4) is 5.75 Å². The molecule has 3 amide bonds. The van der Waals surface area contributed by atoms with E-state index in [1.165, 1.54) is 0 Å². The van der Waals surface area contributed by atoms with Crippen molar-refractivity contribution in [1.82, 2.24) is 5.32 Å². The van der Waals surface area contributed by atoms with Gasteiger partial charge in [-0.3, -0.25) is 14.4 Å². The van der Waals surface area contributed by atoms with Gasteiger partial charge in [-0.1, -0.05) is 49.4 Å². The fraction of sp³-hybridized carbons (Fsp3) is 0.276. The molecule has 36 heavy (non-hydrogen) atoms. The monoisotopic (exact) mass is 485 g/mol. The molecule has 0 unspecified atom stereocenters. The van der Waals surface area contributed by atoms with E-state index in [1.807, 2.05) is 61.5 Å². The third-order valence-electron chi connectivity index (χ3n) is 6.09. The zero-order valence-electron chi connectivity index (χ0n) is 20.4. The second kappa shape index (κ2) is 12.0. The summed E-state index contributed by atoms with van der Waals surface area (Å²) < 4.78 is 5.60. The van der Waals surface area contributed by atoms with Gasteiger partial charge in [-0.05, 0) is 54.8 Å². The zero-order valence-corrected chi connectivity index (χ0v) is 20.4. The number of anilines is 2. The molecule has 2 N–H and O–H groups in total. The number of carbonyl (C=O) groups is 3. The van der Waals surface area contributed by atoms with Crippen molar-refractivity contribution >= 4 is 29.1 Å². The number of nitrogens with zero attached hydrogens (tertiary/aromatic N) is 1. The summed E-state index contributed by atoms with van der Waals surface area (Å²) in [6.07, 6.45) is 1.75. The van der Waals surface area contributed by atoms with Gasteiger partial charge in [0.2, 0.25) is 11.8 Å². The average Bonchev–Trinajstić information content (AvgIpc) is 3.30. The molecule has 0 aromatic heterocycles. The molecule has 1 aliphatic rings. The lowest BCUT2D eigenvalue weighted by atomic mass is 10.1. The van der Waals surface area contributed by atoms with Crippen molar-refractivity contribution in [2.24, 2.45) is 5.92 Å². The number of rotatable bonds is 10. The molecule has 1 aliphatic heterocycles. The molecule has 1 heterocycles. The lowest BCUT2D eigenvalue weighted by Crippen LogP contribution is -2.30. The van der Waals surface area contributed by atoms with Crippen LogP contribution in [0.2, 0.25) is 0 Å². The van der Waals surface area contributed by atoms with Crippen LogP contribution in [-0.4, -0.2) is 37.4 Å². The zero-order chi connectivity index (χ0) is 25.3. The minimum absolute atomic E-state index is 0.107. The molecule has 3 aromatic rings. The van der Waals surface area contributed by atoms with E-state index in [1.54, 1.807) is 29.2 Å². The van der Waals surface area contributed by atoms with Crippen LogP contribution in [0.1, 0.15) is 35.7 Å². The number of ether oxygens (including phenoxy) is 1. The normalized spacial score (nSPS) is 15.0. The highest BCUT2D eigenvalue weighted by Gasteiger charge is 2.35. The van der Waals surface area contributed by atoms with Gasteiger partial charge in [-0.15, -0.1) is 0 Å². The van der Waals surface area contributed by atoms with Gasteiger partial charge in [0.05, 0.1) is 23.8 Å². The lowest BCUT2D eigenvalue weighted by Gasteiger charge is -2.18. The topological polar surface area (TPSA) is 87.7 Å². The SMILES string of the molecule is CCCOc1ccc(N2C[C@H](C(=O)Nc3ccccc3C(=O)NCCc3ccccc3)CC2=O)cc1. The summed E-state index contributed by atoms with van der Waals surface area (Å²) >= 11 is 0. The molecule has 0 saturated carbocycles. The Kier molecular flexibility index (Phi) is 8.34. The Morgan fingerprint density at radius 3 is 2.44 bits per heavy atom. The molecular weight excluding hydrogens is 454 g/mol. The highest BCUT2D eigenvalue weighted by atomic mass is 16.5. The van der Waals surface area contributed by atoms with Gasteiger partial charge in [0.25, 0.3) is 5.91 Å². The Morgan fingerprint density at radius 1 is 0.972 bits per heavy atom. The molecule has 1 fully saturated rings. The molecule has 0 radical (unpaired) electrons. The minimum atomic E-state index is -0.511. The van der Waals surface area contributed by atoms with Crippen molar-refractivity contribution in [3.05, 3.63) is 90.0 Å². The smallest absolute Gasteiger partial charge is 0.253 e. The molecule has 4 rings (SSSR count). The van der Waals surface area contributed by atoms with Crippen molar-refractivity contribution in [1.29, 1.82) is 0 Å². The van der Waals surface area contributed by atoms with Gasteiger partial charge in [0.15, 0.2) is 0 Å². The van der Waals surface area contributed by atoms with Crippen LogP contribution in [-0.2, 0) is 16.0 Å². The summed E-state index contributed by atoms with van der Waals surface area (Å²) in [7, 11) is 0. The summed E-state index contributed by atoms with van der Waals surface area (Å²) in [4.78, 5) is 40.1. The van der Waals surface area contributed by atoms with Gasteiger partial charge >= 0.3 is 0 Å². The first-order valence-electron chi connectivity index (χ1n) is 12.3. The predicted molar refractivity (Wildman–Crippen MR) is 140 cm³/mol. The highest BCUT2D eigenvalue weighted by molar-refractivity contribution is 6.07. The maximum atomic E-state index is 13.0.